The third-order valence-electron chi connectivity index (χ3n) is 4.30. The standard InChI is InChI=1S/C23H22BrNO2/c1-2-25(20-11-7-4-8-12-20)23(26)19-13-14-22(21(24)17-19)27-16-15-18-9-5-3-6-10-18/h3-14,17H,2,15-16H2,1H3. The fourth-order valence-corrected chi connectivity index (χ4v) is 3.37. The zero-order valence-electron chi connectivity index (χ0n) is 15.3. The minimum atomic E-state index is -0.0276. The van der Waals surface area contributed by atoms with E-state index in [2.05, 4.69) is 28.1 Å². The first-order valence-electron chi connectivity index (χ1n) is 9.02. The second-order valence-electron chi connectivity index (χ2n) is 6.11. The summed E-state index contributed by atoms with van der Waals surface area (Å²) in [7, 11) is 0. The molecule has 0 aliphatic carbocycles. The highest BCUT2D eigenvalue weighted by atomic mass is 79.9. The van der Waals surface area contributed by atoms with Gasteiger partial charge in [-0.05, 0) is 58.7 Å². The van der Waals surface area contributed by atoms with Gasteiger partial charge in [0.05, 0.1) is 11.1 Å². The van der Waals surface area contributed by atoms with Crippen LogP contribution in [0.3, 0.4) is 0 Å². The Morgan fingerprint density at radius 2 is 1.63 bits per heavy atom. The average Bonchev–Trinajstić information content (AvgIpc) is 2.71. The molecular weight excluding hydrogens is 402 g/mol. The molecule has 1 amide bonds. The van der Waals surface area contributed by atoms with Gasteiger partial charge < -0.3 is 9.64 Å². The van der Waals surface area contributed by atoms with Gasteiger partial charge in [-0.3, -0.25) is 4.79 Å². The summed E-state index contributed by atoms with van der Waals surface area (Å²) in [5.74, 6) is 0.713. The summed E-state index contributed by atoms with van der Waals surface area (Å²) in [4.78, 5) is 14.7. The lowest BCUT2D eigenvalue weighted by atomic mass is 10.1. The molecule has 0 radical (unpaired) electrons. The molecule has 138 valence electrons. The van der Waals surface area contributed by atoms with E-state index in [1.54, 1.807) is 4.90 Å². The molecule has 0 atom stereocenters. The van der Waals surface area contributed by atoms with Crippen molar-refractivity contribution in [2.45, 2.75) is 13.3 Å². The quantitative estimate of drug-likeness (QED) is 0.484. The summed E-state index contributed by atoms with van der Waals surface area (Å²) in [5, 5.41) is 0. The lowest BCUT2D eigenvalue weighted by Gasteiger charge is -2.21. The first-order valence-corrected chi connectivity index (χ1v) is 9.81. The van der Waals surface area contributed by atoms with E-state index >= 15 is 0 Å². The summed E-state index contributed by atoms with van der Waals surface area (Å²) in [6.45, 7) is 3.16. The molecule has 0 aliphatic heterocycles. The van der Waals surface area contributed by atoms with Crippen LogP contribution in [0.25, 0.3) is 0 Å². The zero-order chi connectivity index (χ0) is 19.1. The molecule has 27 heavy (non-hydrogen) atoms. The van der Waals surface area contributed by atoms with Crippen molar-refractivity contribution in [3.63, 3.8) is 0 Å². The van der Waals surface area contributed by atoms with Crippen molar-refractivity contribution in [2.24, 2.45) is 0 Å². The predicted molar refractivity (Wildman–Crippen MR) is 114 cm³/mol. The van der Waals surface area contributed by atoms with E-state index in [0.717, 1.165) is 22.3 Å². The van der Waals surface area contributed by atoms with Crippen LogP contribution < -0.4 is 9.64 Å². The van der Waals surface area contributed by atoms with Gasteiger partial charge in [-0.1, -0.05) is 48.5 Å². The second-order valence-corrected chi connectivity index (χ2v) is 6.97. The number of para-hydroxylation sites is 1. The highest BCUT2D eigenvalue weighted by molar-refractivity contribution is 9.10. The molecule has 0 unspecified atom stereocenters. The van der Waals surface area contributed by atoms with Crippen LogP contribution >= 0.6 is 15.9 Å². The Kier molecular flexibility index (Phi) is 6.66. The van der Waals surface area contributed by atoms with Crippen LogP contribution in [0, 0.1) is 0 Å². The average molecular weight is 424 g/mol. The van der Waals surface area contributed by atoms with Gasteiger partial charge in [0, 0.05) is 24.2 Å². The van der Waals surface area contributed by atoms with Crippen molar-refractivity contribution in [1.82, 2.24) is 0 Å². The molecule has 0 aromatic heterocycles. The minimum Gasteiger partial charge on any atom is -0.492 e. The van der Waals surface area contributed by atoms with E-state index in [4.69, 9.17) is 4.74 Å². The molecule has 0 spiro atoms. The van der Waals surface area contributed by atoms with Crippen molar-refractivity contribution in [1.29, 1.82) is 0 Å². The predicted octanol–water partition coefficient (Wildman–Crippen LogP) is 5.74. The number of amides is 1. The van der Waals surface area contributed by atoms with E-state index < -0.39 is 0 Å². The molecule has 0 N–H and O–H groups in total. The van der Waals surface area contributed by atoms with Crippen molar-refractivity contribution in [2.75, 3.05) is 18.1 Å². The smallest absolute Gasteiger partial charge is 0.258 e. The third kappa shape index (κ3) is 4.98. The molecule has 4 heteroatoms. The highest BCUT2D eigenvalue weighted by Crippen LogP contribution is 2.27. The normalized spacial score (nSPS) is 10.4. The Balaban J connectivity index is 1.67. The lowest BCUT2D eigenvalue weighted by Crippen LogP contribution is -2.30. The summed E-state index contributed by atoms with van der Waals surface area (Å²) in [5.41, 5.74) is 2.76. The third-order valence-corrected chi connectivity index (χ3v) is 4.92. The molecule has 3 aromatic carbocycles. The Bertz CT molecular complexity index is 881. The molecule has 0 fully saturated rings. The van der Waals surface area contributed by atoms with Crippen molar-refractivity contribution in [3.8, 4) is 5.75 Å². The molecule has 0 aliphatic rings. The number of halogens is 1. The van der Waals surface area contributed by atoms with E-state index in [1.165, 1.54) is 5.56 Å². The van der Waals surface area contributed by atoms with Crippen LogP contribution in [-0.2, 0) is 6.42 Å². The lowest BCUT2D eigenvalue weighted by molar-refractivity contribution is 0.0988. The fourth-order valence-electron chi connectivity index (χ4n) is 2.88. The Labute approximate surface area is 168 Å². The van der Waals surface area contributed by atoms with Gasteiger partial charge in [0.15, 0.2) is 0 Å². The van der Waals surface area contributed by atoms with E-state index in [1.807, 2.05) is 73.7 Å². The largest absolute Gasteiger partial charge is 0.492 e. The first kappa shape index (κ1) is 19.2. The molecule has 0 saturated carbocycles. The second kappa shape index (κ2) is 9.38. The molecule has 0 heterocycles. The summed E-state index contributed by atoms with van der Waals surface area (Å²) in [6, 6.07) is 25.4. The van der Waals surface area contributed by atoms with Gasteiger partial charge in [0.25, 0.3) is 5.91 Å². The van der Waals surface area contributed by atoms with Gasteiger partial charge in [-0.2, -0.15) is 0 Å². The van der Waals surface area contributed by atoms with Gasteiger partial charge >= 0.3 is 0 Å². The number of hydrogen-bond acceptors (Lipinski definition) is 2. The Morgan fingerprint density at radius 1 is 0.963 bits per heavy atom. The Hall–Kier alpha value is -2.59. The first-order chi connectivity index (χ1) is 13.2. The Morgan fingerprint density at radius 3 is 2.26 bits per heavy atom. The van der Waals surface area contributed by atoms with Gasteiger partial charge in [0.2, 0.25) is 0 Å². The monoisotopic (exact) mass is 423 g/mol. The van der Waals surface area contributed by atoms with E-state index in [-0.39, 0.29) is 5.91 Å². The number of ether oxygens (including phenoxy) is 1. The maximum atomic E-state index is 12.9. The molecule has 3 aromatic rings. The molecule has 0 saturated heterocycles. The minimum absolute atomic E-state index is 0.0276. The highest BCUT2D eigenvalue weighted by Gasteiger charge is 2.17. The van der Waals surface area contributed by atoms with E-state index in [9.17, 15) is 4.79 Å². The zero-order valence-corrected chi connectivity index (χ0v) is 16.9. The molecule has 3 nitrogen and oxygen atoms in total. The molecule has 0 bridgehead atoms. The number of rotatable bonds is 7. The molecular formula is C23H22BrNO2. The van der Waals surface area contributed by atoms with Crippen LogP contribution in [-0.4, -0.2) is 19.1 Å². The topological polar surface area (TPSA) is 29.5 Å². The van der Waals surface area contributed by atoms with Crippen LogP contribution in [0.15, 0.2) is 83.3 Å². The maximum Gasteiger partial charge on any atom is 0.258 e. The summed E-state index contributed by atoms with van der Waals surface area (Å²) >= 11 is 3.53. The number of anilines is 1. The SMILES string of the molecule is CCN(C(=O)c1ccc(OCCc2ccccc2)c(Br)c1)c1ccccc1. The number of carbonyl (C=O) groups is 1. The van der Waals surface area contributed by atoms with Gasteiger partial charge in [0.1, 0.15) is 5.75 Å². The summed E-state index contributed by atoms with van der Waals surface area (Å²) in [6.07, 6.45) is 0.839. The van der Waals surface area contributed by atoms with Crippen LogP contribution in [0.1, 0.15) is 22.8 Å². The number of nitrogens with zero attached hydrogens (tertiary/aromatic N) is 1. The van der Waals surface area contributed by atoms with Crippen molar-refractivity contribution >= 4 is 27.5 Å². The van der Waals surface area contributed by atoms with Crippen molar-refractivity contribution in [3.05, 3.63) is 94.5 Å². The number of carbonyl (C=O) groups excluding carboxylic acids is 1. The van der Waals surface area contributed by atoms with Crippen LogP contribution in [0.4, 0.5) is 5.69 Å². The summed E-state index contributed by atoms with van der Waals surface area (Å²) < 4.78 is 6.66. The maximum absolute atomic E-state index is 12.9. The van der Waals surface area contributed by atoms with Gasteiger partial charge in [-0.15, -0.1) is 0 Å². The van der Waals surface area contributed by atoms with Crippen molar-refractivity contribution < 1.29 is 9.53 Å². The van der Waals surface area contributed by atoms with Crippen LogP contribution in [0.2, 0.25) is 0 Å². The number of hydrogen-bond donors (Lipinski definition) is 0. The van der Waals surface area contributed by atoms with E-state index in [0.29, 0.717) is 18.7 Å². The fraction of sp³-hybridized carbons (Fsp3) is 0.174. The van der Waals surface area contributed by atoms with Gasteiger partial charge in [-0.25, -0.2) is 0 Å². The van der Waals surface area contributed by atoms with Crippen LogP contribution in [0.5, 0.6) is 5.75 Å². The number of benzene rings is 3. The molecule has 3 rings (SSSR count).